The fraction of sp³-hybridized carbons (Fsp3) is 0.364. The predicted octanol–water partition coefficient (Wildman–Crippen LogP) is 3.37. The molecule has 29 heavy (non-hydrogen) atoms. The van der Waals surface area contributed by atoms with Gasteiger partial charge >= 0.3 is 0 Å². The standard InChI is InChI=1S/C19H18N6O.C3H8/c1-12-11-24-18(22-12)5-4-17(23-24)13-2-3-16-14(8-13)9-21-25(19(16)26)15-6-7-20-10-15;1-3-2/h2-5,8-9,11,15,20H,6-7,10H2,1H3;3H2,1-2H3. The number of aryl methyl sites for hydroxylation is 1. The van der Waals surface area contributed by atoms with Crippen molar-refractivity contribution in [1.29, 1.82) is 0 Å². The molecular weight excluding hydrogens is 364 g/mol. The smallest absolute Gasteiger partial charge is 0.274 e. The van der Waals surface area contributed by atoms with E-state index in [0.29, 0.717) is 5.39 Å². The van der Waals surface area contributed by atoms with Gasteiger partial charge in [0, 0.05) is 17.5 Å². The highest BCUT2D eigenvalue weighted by atomic mass is 16.1. The molecule has 5 rings (SSSR count). The number of nitrogens with one attached hydrogen (secondary N) is 1. The topological polar surface area (TPSA) is 77.1 Å². The van der Waals surface area contributed by atoms with Crippen molar-refractivity contribution in [2.75, 3.05) is 13.1 Å². The second kappa shape index (κ2) is 8.13. The summed E-state index contributed by atoms with van der Waals surface area (Å²) in [4.78, 5) is 17.2. The summed E-state index contributed by atoms with van der Waals surface area (Å²) < 4.78 is 3.39. The van der Waals surface area contributed by atoms with Crippen LogP contribution in [0.15, 0.2) is 47.5 Å². The van der Waals surface area contributed by atoms with Crippen molar-refractivity contribution >= 4 is 16.4 Å². The SMILES string of the molecule is CCC.Cc1cn2nc(-c3ccc4c(=O)n(C5CCNC5)ncc4c3)ccc2n1. The summed E-state index contributed by atoms with van der Waals surface area (Å²) in [6.45, 7) is 7.92. The summed E-state index contributed by atoms with van der Waals surface area (Å²) >= 11 is 0. The average molecular weight is 390 g/mol. The molecule has 0 bridgehead atoms. The van der Waals surface area contributed by atoms with E-state index in [-0.39, 0.29) is 11.6 Å². The van der Waals surface area contributed by atoms with Crippen molar-refractivity contribution in [1.82, 2.24) is 29.7 Å². The Hall–Kier alpha value is -3.06. The van der Waals surface area contributed by atoms with E-state index >= 15 is 0 Å². The molecule has 0 spiro atoms. The minimum atomic E-state index is -0.0311. The fourth-order valence-electron chi connectivity index (χ4n) is 3.59. The summed E-state index contributed by atoms with van der Waals surface area (Å²) in [7, 11) is 0. The van der Waals surface area contributed by atoms with E-state index in [2.05, 4.69) is 34.3 Å². The van der Waals surface area contributed by atoms with Gasteiger partial charge < -0.3 is 5.32 Å². The molecule has 1 fully saturated rings. The number of nitrogens with zero attached hydrogens (tertiary/aromatic N) is 5. The molecule has 7 heteroatoms. The molecule has 4 heterocycles. The second-order valence-electron chi connectivity index (χ2n) is 7.45. The molecule has 150 valence electrons. The molecule has 3 aromatic heterocycles. The first-order valence-corrected chi connectivity index (χ1v) is 10.2. The Balaban J connectivity index is 0.000000645. The number of hydrogen-bond donors (Lipinski definition) is 1. The van der Waals surface area contributed by atoms with E-state index in [1.165, 1.54) is 6.42 Å². The minimum absolute atomic E-state index is 0.0311. The number of hydrogen-bond acceptors (Lipinski definition) is 5. The van der Waals surface area contributed by atoms with Gasteiger partial charge in [-0.1, -0.05) is 26.3 Å². The number of fused-ring (bicyclic) bond motifs is 2. The second-order valence-corrected chi connectivity index (χ2v) is 7.45. The third-order valence-corrected chi connectivity index (χ3v) is 4.93. The molecule has 0 saturated carbocycles. The maximum absolute atomic E-state index is 12.8. The van der Waals surface area contributed by atoms with Gasteiger partial charge in [-0.05, 0) is 44.2 Å². The van der Waals surface area contributed by atoms with Gasteiger partial charge in [-0.15, -0.1) is 0 Å². The summed E-state index contributed by atoms with van der Waals surface area (Å²) in [5.74, 6) is 0. The Kier molecular flexibility index (Phi) is 5.40. The van der Waals surface area contributed by atoms with Crippen molar-refractivity contribution in [3.05, 3.63) is 58.8 Å². The Morgan fingerprint density at radius 1 is 1.21 bits per heavy atom. The highest BCUT2D eigenvalue weighted by Crippen LogP contribution is 2.22. The Morgan fingerprint density at radius 3 is 2.79 bits per heavy atom. The van der Waals surface area contributed by atoms with Crippen LogP contribution in [0.5, 0.6) is 0 Å². The Bertz CT molecular complexity index is 1200. The molecule has 1 aromatic carbocycles. The minimum Gasteiger partial charge on any atom is -0.315 e. The summed E-state index contributed by atoms with van der Waals surface area (Å²) in [6, 6.07) is 9.82. The molecule has 1 unspecified atom stereocenters. The van der Waals surface area contributed by atoms with Crippen LogP contribution in [0.1, 0.15) is 38.4 Å². The first kappa shape index (κ1) is 19.3. The molecule has 4 aromatic rings. The Labute approximate surface area is 169 Å². The van der Waals surface area contributed by atoms with E-state index in [4.69, 9.17) is 0 Å². The number of benzene rings is 1. The summed E-state index contributed by atoms with van der Waals surface area (Å²) in [6.07, 6.45) is 5.86. The highest BCUT2D eigenvalue weighted by molar-refractivity contribution is 5.85. The van der Waals surface area contributed by atoms with Gasteiger partial charge in [0.25, 0.3) is 5.56 Å². The van der Waals surface area contributed by atoms with Crippen molar-refractivity contribution < 1.29 is 0 Å². The van der Waals surface area contributed by atoms with Crippen molar-refractivity contribution in [2.45, 2.75) is 39.7 Å². The molecule has 0 radical (unpaired) electrons. The van der Waals surface area contributed by atoms with Crippen LogP contribution in [0.3, 0.4) is 0 Å². The molecule has 1 saturated heterocycles. The molecule has 1 aliphatic heterocycles. The summed E-state index contributed by atoms with van der Waals surface area (Å²) in [5.41, 5.74) is 3.51. The van der Waals surface area contributed by atoms with E-state index in [1.54, 1.807) is 15.4 Å². The number of imidazole rings is 1. The van der Waals surface area contributed by atoms with Gasteiger partial charge in [0.2, 0.25) is 0 Å². The zero-order valence-corrected chi connectivity index (χ0v) is 17.1. The van der Waals surface area contributed by atoms with E-state index in [9.17, 15) is 4.79 Å². The molecular formula is C22H26N6O. The number of rotatable bonds is 2. The van der Waals surface area contributed by atoms with Crippen LogP contribution >= 0.6 is 0 Å². The maximum Gasteiger partial charge on any atom is 0.274 e. The van der Waals surface area contributed by atoms with E-state index < -0.39 is 0 Å². The first-order valence-electron chi connectivity index (χ1n) is 10.2. The maximum atomic E-state index is 12.8. The van der Waals surface area contributed by atoms with Gasteiger partial charge in [-0.3, -0.25) is 4.79 Å². The van der Waals surface area contributed by atoms with Crippen LogP contribution in [0.4, 0.5) is 0 Å². The van der Waals surface area contributed by atoms with Crippen LogP contribution in [-0.2, 0) is 0 Å². The average Bonchev–Trinajstić information content (AvgIpc) is 3.37. The van der Waals surface area contributed by atoms with Crippen LogP contribution in [0, 0.1) is 6.92 Å². The van der Waals surface area contributed by atoms with Crippen molar-refractivity contribution in [3.63, 3.8) is 0 Å². The highest BCUT2D eigenvalue weighted by Gasteiger charge is 2.19. The van der Waals surface area contributed by atoms with Gasteiger partial charge in [0.1, 0.15) is 0 Å². The molecule has 1 N–H and O–H groups in total. The third kappa shape index (κ3) is 3.78. The predicted molar refractivity (Wildman–Crippen MR) is 115 cm³/mol. The molecule has 0 amide bonds. The lowest BCUT2D eigenvalue weighted by atomic mass is 10.1. The number of aromatic nitrogens is 5. The first-order chi connectivity index (χ1) is 14.1. The molecule has 0 aliphatic carbocycles. The molecule has 1 atom stereocenters. The van der Waals surface area contributed by atoms with Crippen LogP contribution in [-0.4, -0.2) is 37.5 Å². The van der Waals surface area contributed by atoms with Gasteiger partial charge in [-0.2, -0.15) is 10.2 Å². The molecule has 7 nitrogen and oxygen atoms in total. The lowest BCUT2D eigenvalue weighted by molar-refractivity contribution is 0.469. The zero-order chi connectivity index (χ0) is 20.4. The van der Waals surface area contributed by atoms with E-state index in [1.807, 2.05) is 43.5 Å². The van der Waals surface area contributed by atoms with Gasteiger partial charge in [0.05, 0.1) is 35.2 Å². The van der Waals surface area contributed by atoms with Crippen molar-refractivity contribution in [3.8, 4) is 11.3 Å². The fourth-order valence-corrected chi connectivity index (χ4v) is 3.59. The van der Waals surface area contributed by atoms with Crippen LogP contribution in [0.25, 0.3) is 27.7 Å². The van der Waals surface area contributed by atoms with E-state index in [0.717, 1.165) is 47.5 Å². The lowest BCUT2D eigenvalue weighted by Gasteiger charge is -2.12. The van der Waals surface area contributed by atoms with Crippen LogP contribution in [0.2, 0.25) is 0 Å². The molecule has 1 aliphatic rings. The van der Waals surface area contributed by atoms with Gasteiger partial charge in [-0.25, -0.2) is 14.2 Å². The quantitative estimate of drug-likeness (QED) is 0.568. The normalized spacial score (nSPS) is 16.2. The largest absolute Gasteiger partial charge is 0.315 e. The van der Waals surface area contributed by atoms with Gasteiger partial charge in [0.15, 0.2) is 5.65 Å². The van der Waals surface area contributed by atoms with Crippen LogP contribution < -0.4 is 10.9 Å². The summed E-state index contributed by atoms with van der Waals surface area (Å²) in [5, 5.41) is 13.8. The third-order valence-electron chi connectivity index (χ3n) is 4.93. The monoisotopic (exact) mass is 390 g/mol. The zero-order valence-electron chi connectivity index (χ0n) is 17.1. The lowest BCUT2D eigenvalue weighted by Crippen LogP contribution is -2.28. The Morgan fingerprint density at radius 2 is 2.03 bits per heavy atom. The van der Waals surface area contributed by atoms with Crippen molar-refractivity contribution in [2.24, 2.45) is 0 Å².